The Hall–Kier alpha value is -2.00. The Bertz CT molecular complexity index is 817. The monoisotopic (exact) mass is 418 g/mol. The molecule has 1 aromatic carbocycles. The zero-order valence-corrected chi connectivity index (χ0v) is 16.5. The number of rotatable bonds is 7. The van der Waals surface area contributed by atoms with Crippen LogP contribution in [0.1, 0.15) is 12.5 Å². The van der Waals surface area contributed by atoms with Crippen LogP contribution in [0, 0.1) is 6.92 Å². The minimum Gasteiger partial charge on any atom is -0.439 e. The number of nitrogens with zero attached hydrogens (tertiary/aromatic N) is 4. The van der Waals surface area contributed by atoms with Gasteiger partial charge in [-0.2, -0.15) is 18.2 Å². The molecule has 5 nitrogen and oxygen atoms in total. The molecule has 0 amide bonds. The Labute approximate surface area is 164 Å². The van der Waals surface area contributed by atoms with Crippen LogP contribution in [0.25, 0.3) is 0 Å². The predicted octanol–water partition coefficient (Wildman–Crippen LogP) is 5.50. The average Bonchev–Trinajstić information content (AvgIpc) is 2.61. The first kappa shape index (κ1) is 21.3. The quantitative estimate of drug-likeness (QED) is 0.257. The van der Waals surface area contributed by atoms with Crippen molar-refractivity contribution >= 4 is 35.4 Å². The van der Waals surface area contributed by atoms with Crippen molar-refractivity contribution in [3.63, 3.8) is 0 Å². The number of aliphatic imine (C=N–C) groups is 1. The summed E-state index contributed by atoms with van der Waals surface area (Å²) in [6.07, 6.45) is -1.27. The summed E-state index contributed by atoms with van der Waals surface area (Å²) in [5.74, 6) is -0.496. The van der Waals surface area contributed by atoms with Gasteiger partial charge in [0.15, 0.2) is 5.16 Å². The molecule has 1 aromatic heterocycles. The van der Waals surface area contributed by atoms with Crippen molar-refractivity contribution in [2.75, 3.05) is 19.3 Å². The number of halogens is 4. The van der Waals surface area contributed by atoms with E-state index in [2.05, 4.69) is 15.0 Å². The van der Waals surface area contributed by atoms with E-state index in [-0.39, 0.29) is 11.0 Å². The number of ether oxygens (including phenoxy) is 1. The van der Waals surface area contributed by atoms with Crippen molar-refractivity contribution < 1.29 is 17.9 Å². The summed E-state index contributed by atoms with van der Waals surface area (Å²) in [6, 6.07) is 4.82. The molecule has 0 fully saturated rings. The lowest BCUT2D eigenvalue weighted by molar-refractivity contribution is -0.105. The maximum atomic E-state index is 12.3. The Morgan fingerprint density at radius 3 is 2.78 bits per heavy atom. The van der Waals surface area contributed by atoms with E-state index in [4.69, 9.17) is 16.3 Å². The zero-order valence-electron chi connectivity index (χ0n) is 14.9. The third kappa shape index (κ3) is 6.91. The van der Waals surface area contributed by atoms with Gasteiger partial charge in [-0.15, -0.1) is 0 Å². The van der Waals surface area contributed by atoms with Gasteiger partial charge >= 0.3 is 6.18 Å². The molecule has 1 heterocycles. The Kier molecular flexibility index (Phi) is 7.32. The molecule has 2 rings (SSSR count). The molecule has 0 spiro atoms. The summed E-state index contributed by atoms with van der Waals surface area (Å²) >= 11 is 6.75. The average molecular weight is 419 g/mol. The second kappa shape index (κ2) is 9.27. The number of aryl methyl sites for hydroxylation is 1. The van der Waals surface area contributed by atoms with E-state index in [0.717, 1.165) is 12.1 Å². The summed E-state index contributed by atoms with van der Waals surface area (Å²) in [6.45, 7) is 4.62. The van der Waals surface area contributed by atoms with E-state index in [0.29, 0.717) is 28.2 Å². The summed E-state index contributed by atoms with van der Waals surface area (Å²) in [5.41, 5.74) is 1.35. The van der Waals surface area contributed by atoms with Gasteiger partial charge in [0.2, 0.25) is 5.88 Å². The van der Waals surface area contributed by atoms with Crippen LogP contribution >= 0.6 is 23.4 Å². The van der Waals surface area contributed by atoms with E-state index in [1.807, 2.05) is 25.8 Å². The Balaban J connectivity index is 2.15. The minimum atomic E-state index is -4.29. The number of aromatic nitrogens is 2. The fourth-order valence-electron chi connectivity index (χ4n) is 1.81. The molecule has 0 N–H and O–H groups in total. The minimum absolute atomic E-state index is 0.0163. The first-order valence-corrected chi connectivity index (χ1v) is 9.29. The van der Waals surface area contributed by atoms with Gasteiger partial charge in [-0.3, -0.25) is 0 Å². The molecule has 27 heavy (non-hydrogen) atoms. The van der Waals surface area contributed by atoms with Gasteiger partial charge in [0.25, 0.3) is 0 Å². The molecule has 0 aliphatic rings. The smallest absolute Gasteiger partial charge is 0.398 e. The maximum Gasteiger partial charge on any atom is 0.398 e. The van der Waals surface area contributed by atoms with Gasteiger partial charge < -0.3 is 9.64 Å². The van der Waals surface area contributed by atoms with Crippen LogP contribution in [0.4, 0.5) is 18.9 Å². The maximum absolute atomic E-state index is 12.3. The van der Waals surface area contributed by atoms with Crippen LogP contribution in [0.15, 0.2) is 34.5 Å². The molecule has 0 radical (unpaired) electrons. The molecule has 2 aromatic rings. The summed E-state index contributed by atoms with van der Waals surface area (Å²) in [7, 11) is 1.89. The van der Waals surface area contributed by atoms with E-state index < -0.39 is 11.9 Å². The van der Waals surface area contributed by atoms with Crippen molar-refractivity contribution in [1.82, 2.24) is 14.9 Å². The first-order valence-electron chi connectivity index (χ1n) is 7.93. The van der Waals surface area contributed by atoms with Crippen LogP contribution in [-0.4, -0.2) is 46.7 Å². The second-order valence-corrected chi connectivity index (χ2v) is 6.92. The van der Waals surface area contributed by atoms with Crippen LogP contribution in [0.2, 0.25) is 5.02 Å². The summed E-state index contributed by atoms with van der Waals surface area (Å²) in [4.78, 5) is 14.0. The molecule has 0 aliphatic heterocycles. The zero-order chi connectivity index (χ0) is 20.0. The molecular weight excluding hydrogens is 401 g/mol. The highest BCUT2D eigenvalue weighted by Crippen LogP contribution is 2.34. The lowest BCUT2D eigenvalue weighted by atomic mass is 10.2. The number of benzene rings is 1. The normalized spacial score (nSPS) is 11.8. The summed E-state index contributed by atoms with van der Waals surface area (Å²) in [5, 5.41) is 0.370. The van der Waals surface area contributed by atoms with Gasteiger partial charge in [0.1, 0.15) is 5.75 Å². The van der Waals surface area contributed by atoms with Crippen molar-refractivity contribution in [2.24, 2.45) is 4.99 Å². The van der Waals surface area contributed by atoms with E-state index in [9.17, 15) is 13.2 Å². The van der Waals surface area contributed by atoms with Crippen LogP contribution in [0.5, 0.6) is 11.6 Å². The fraction of sp³-hybridized carbons (Fsp3) is 0.353. The highest BCUT2D eigenvalue weighted by Gasteiger charge is 2.28. The van der Waals surface area contributed by atoms with E-state index in [1.165, 1.54) is 12.3 Å². The van der Waals surface area contributed by atoms with Crippen LogP contribution in [-0.2, 0) is 0 Å². The first-order chi connectivity index (χ1) is 12.7. The van der Waals surface area contributed by atoms with Crippen LogP contribution < -0.4 is 4.74 Å². The van der Waals surface area contributed by atoms with Gasteiger partial charge in [0.05, 0.1) is 22.8 Å². The van der Waals surface area contributed by atoms with Gasteiger partial charge in [-0.1, -0.05) is 23.4 Å². The van der Waals surface area contributed by atoms with Gasteiger partial charge in [0, 0.05) is 31.9 Å². The molecule has 0 bridgehead atoms. The molecule has 0 saturated heterocycles. The standard InChI is InChI=1S/C17H18ClF3N4OS/c1-4-25(3)10-23-13-7-11(2)14(8-12(13)18)26-15-5-6-22-16(24-15)27-9-17(19,20)21/h5-8,10H,4,9H2,1-3H3/b23-10+. The lowest BCUT2D eigenvalue weighted by Gasteiger charge is -2.12. The largest absolute Gasteiger partial charge is 0.439 e. The van der Waals surface area contributed by atoms with E-state index in [1.54, 1.807) is 18.5 Å². The van der Waals surface area contributed by atoms with Gasteiger partial charge in [-0.25, -0.2) is 9.98 Å². The van der Waals surface area contributed by atoms with Gasteiger partial charge in [-0.05, 0) is 25.5 Å². The highest BCUT2D eigenvalue weighted by atomic mass is 35.5. The van der Waals surface area contributed by atoms with Crippen molar-refractivity contribution in [1.29, 1.82) is 0 Å². The summed E-state index contributed by atoms with van der Waals surface area (Å²) < 4.78 is 42.6. The number of alkyl halides is 3. The Morgan fingerprint density at radius 1 is 1.37 bits per heavy atom. The Morgan fingerprint density at radius 2 is 2.11 bits per heavy atom. The third-order valence-electron chi connectivity index (χ3n) is 3.32. The number of hydrogen-bond acceptors (Lipinski definition) is 5. The molecule has 0 atom stereocenters. The second-order valence-electron chi connectivity index (χ2n) is 5.57. The lowest BCUT2D eigenvalue weighted by Crippen LogP contribution is -2.14. The topological polar surface area (TPSA) is 50.6 Å². The van der Waals surface area contributed by atoms with Crippen molar-refractivity contribution in [3.8, 4) is 11.6 Å². The molecule has 0 unspecified atom stereocenters. The van der Waals surface area contributed by atoms with E-state index >= 15 is 0 Å². The van der Waals surface area contributed by atoms with Crippen molar-refractivity contribution in [3.05, 3.63) is 35.0 Å². The fourth-order valence-corrected chi connectivity index (χ4v) is 2.60. The SMILES string of the molecule is CCN(C)/C=N/c1cc(C)c(Oc2ccnc(SCC(F)(F)F)n2)cc1Cl. The molecule has 146 valence electrons. The predicted molar refractivity (Wildman–Crippen MR) is 102 cm³/mol. The molecular formula is C17H18ClF3N4OS. The number of thioether (sulfide) groups is 1. The van der Waals surface area contributed by atoms with Crippen LogP contribution in [0.3, 0.4) is 0 Å². The molecule has 10 heteroatoms. The molecule has 0 aliphatic carbocycles. The molecule has 0 saturated carbocycles. The highest BCUT2D eigenvalue weighted by molar-refractivity contribution is 7.99. The van der Waals surface area contributed by atoms with Crippen molar-refractivity contribution in [2.45, 2.75) is 25.2 Å². The number of hydrogen-bond donors (Lipinski definition) is 0. The third-order valence-corrected chi connectivity index (χ3v) is 4.55.